The molecule has 0 bridgehead atoms. The number of ether oxygens (including phenoxy) is 1. The van der Waals surface area contributed by atoms with E-state index in [1.807, 2.05) is 6.07 Å². The molecule has 0 aliphatic heterocycles. The van der Waals surface area contributed by atoms with Gasteiger partial charge in [-0.05, 0) is 43.7 Å². The molecule has 0 aliphatic rings. The van der Waals surface area contributed by atoms with Crippen LogP contribution >= 0.6 is 15.9 Å². The number of rotatable bonds is 6. The van der Waals surface area contributed by atoms with Gasteiger partial charge in [0.05, 0.1) is 0 Å². The highest BCUT2D eigenvalue weighted by atomic mass is 79.9. The van der Waals surface area contributed by atoms with Crippen molar-refractivity contribution < 1.29 is 4.74 Å². The summed E-state index contributed by atoms with van der Waals surface area (Å²) in [5.41, 5.74) is 3.67. The Morgan fingerprint density at radius 2 is 1.95 bits per heavy atom. The summed E-state index contributed by atoms with van der Waals surface area (Å²) >= 11 is 3.52. The van der Waals surface area contributed by atoms with Gasteiger partial charge in [-0.15, -0.1) is 0 Å². The molecule has 0 saturated heterocycles. The summed E-state index contributed by atoms with van der Waals surface area (Å²) in [6, 6.07) is 14.8. The fraction of sp³-hybridized carbons (Fsp3) is 0.333. The summed E-state index contributed by atoms with van der Waals surface area (Å²) in [5, 5.41) is 3.44. The van der Waals surface area contributed by atoms with Crippen LogP contribution in [0.1, 0.15) is 36.6 Å². The van der Waals surface area contributed by atoms with Gasteiger partial charge in [0.1, 0.15) is 12.4 Å². The van der Waals surface area contributed by atoms with E-state index in [9.17, 15) is 0 Å². The lowest BCUT2D eigenvalue weighted by molar-refractivity contribution is 0.299. The summed E-state index contributed by atoms with van der Waals surface area (Å²) in [5.74, 6) is 0.932. The van der Waals surface area contributed by atoms with E-state index in [0.29, 0.717) is 6.61 Å². The molecule has 112 valence electrons. The van der Waals surface area contributed by atoms with Crippen LogP contribution in [0.4, 0.5) is 0 Å². The Balaban J connectivity index is 2.18. The maximum atomic E-state index is 6.08. The van der Waals surface area contributed by atoms with Crippen molar-refractivity contribution in [2.24, 2.45) is 0 Å². The molecule has 3 heteroatoms. The molecule has 0 fully saturated rings. The number of benzene rings is 2. The van der Waals surface area contributed by atoms with Crippen molar-refractivity contribution in [3.05, 3.63) is 63.6 Å². The Labute approximate surface area is 135 Å². The third-order valence-corrected chi connectivity index (χ3v) is 4.09. The van der Waals surface area contributed by atoms with E-state index in [1.54, 1.807) is 0 Å². The lowest BCUT2D eigenvalue weighted by Crippen LogP contribution is -2.18. The van der Waals surface area contributed by atoms with E-state index in [4.69, 9.17) is 4.74 Å². The third-order valence-electron chi connectivity index (χ3n) is 3.60. The van der Waals surface area contributed by atoms with Crippen LogP contribution in [-0.2, 0) is 6.61 Å². The highest BCUT2D eigenvalue weighted by Crippen LogP contribution is 2.29. The van der Waals surface area contributed by atoms with E-state index >= 15 is 0 Å². The molecule has 0 aliphatic carbocycles. The van der Waals surface area contributed by atoms with Gasteiger partial charge in [-0.2, -0.15) is 0 Å². The largest absolute Gasteiger partial charge is 0.489 e. The van der Waals surface area contributed by atoms with Crippen LogP contribution in [0.5, 0.6) is 5.75 Å². The Bertz CT molecular complexity index is 598. The van der Waals surface area contributed by atoms with Crippen LogP contribution in [-0.4, -0.2) is 6.54 Å². The molecular formula is C18H22BrNO. The van der Waals surface area contributed by atoms with Gasteiger partial charge in [-0.25, -0.2) is 0 Å². The van der Waals surface area contributed by atoms with Gasteiger partial charge in [-0.1, -0.05) is 53.2 Å². The zero-order chi connectivity index (χ0) is 15.2. The molecule has 0 aromatic heterocycles. The molecule has 0 saturated carbocycles. The average Bonchev–Trinajstić information content (AvgIpc) is 2.46. The first-order valence-electron chi connectivity index (χ1n) is 7.32. The molecule has 2 aromatic carbocycles. The first kappa shape index (κ1) is 16.1. The minimum absolute atomic E-state index is 0.273. The van der Waals surface area contributed by atoms with Crippen LogP contribution in [0.3, 0.4) is 0 Å². The fourth-order valence-corrected chi connectivity index (χ4v) is 2.67. The van der Waals surface area contributed by atoms with Crippen molar-refractivity contribution in [1.29, 1.82) is 0 Å². The van der Waals surface area contributed by atoms with Gasteiger partial charge in [0.15, 0.2) is 0 Å². The number of hydrogen-bond donors (Lipinski definition) is 1. The molecule has 1 atom stereocenters. The van der Waals surface area contributed by atoms with Crippen molar-refractivity contribution in [2.45, 2.75) is 33.4 Å². The Morgan fingerprint density at radius 1 is 1.19 bits per heavy atom. The molecule has 2 nitrogen and oxygen atoms in total. The van der Waals surface area contributed by atoms with Crippen molar-refractivity contribution in [3.63, 3.8) is 0 Å². The van der Waals surface area contributed by atoms with Crippen LogP contribution in [0.25, 0.3) is 0 Å². The molecule has 0 radical (unpaired) electrons. The zero-order valence-electron chi connectivity index (χ0n) is 12.8. The summed E-state index contributed by atoms with van der Waals surface area (Å²) in [6.07, 6.45) is 0. The second-order valence-electron chi connectivity index (χ2n) is 5.18. The number of aryl methyl sites for hydroxylation is 1. The van der Waals surface area contributed by atoms with E-state index in [2.05, 4.69) is 78.4 Å². The van der Waals surface area contributed by atoms with E-state index < -0.39 is 0 Å². The second-order valence-corrected chi connectivity index (χ2v) is 6.09. The van der Waals surface area contributed by atoms with Gasteiger partial charge >= 0.3 is 0 Å². The molecule has 0 spiro atoms. The van der Waals surface area contributed by atoms with Crippen LogP contribution in [0, 0.1) is 6.92 Å². The maximum absolute atomic E-state index is 6.08. The topological polar surface area (TPSA) is 21.3 Å². The van der Waals surface area contributed by atoms with Crippen LogP contribution < -0.4 is 10.1 Å². The Kier molecular flexibility index (Phi) is 5.83. The smallest absolute Gasteiger partial charge is 0.125 e. The van der Waals surface area contributed by atoms with Crippen molar-refractivity contribution in [1.82, 2.24) is 5.32 Å². The predicted octanol–water partition coefficient (Wildman–Crippen LogP) is 5.01. The van der Waals surface area contributed by atoms with E-state index in [-0.39, 0.29) is 6.04 Å². The summed E-state index contributed by atoms with van der Waals surface area (Å²) in [7, 11) is 0. The lowest BCUT2D eigenvalue weighted by Gasteiger charge is -2.18. The van der Waals surface area contributed by atoms with Gasteiger partial charge in [0.2, 0.25) is 0 Å². The highest BCUT2D eigenvalue weighted by molar-refractivity contribution is 9.10. The zero-order valence-corrected chi connectivity index (χ0v) is 14.4. The number of hydrogen-bond acceptors (Lipinski definition) is 2. The molecule has 1 unspecified atom stereocenters. The minimum Gasteiger partial charge on any atom is -0.489 e. The Morgan fingerprint density at radius 3 is 2.67 bits per heavy atom. The summed E-state index contributed by atoms with van der Waals surface area (Å²) in [6.45, 7) is 7.92. The van der Waals surface area contributed by atoms with Crippen LogP contribution in [0.2, 0.25) is 0 Å². The average molecular weight is 348 g/mol. The van der Waals surface area contributed by atoms with Gasteiger partial charge in [0.25, 0.3) is 0 Å². The van der Waals surface area contributed by atoms with Crippen molar-refractivity contribution in [2.75, 3.05) is 6.54 Å². The van der Waals surface area contributed by atoms with Crippen molar-refractivity contribution >= 4 is 15.9 Å². The second kappa shape index (κ2) is 7.62. The third kappa shape index (κ3) is 4.32. The van der Waals surface area contributed by atoms with Gasteiger partial charge in [0, 0.05) is 16.1 Å². The van der Waals surface area contributed by atoms with Gasteiger partial charge in [-0.3, -0.25) is 0 Å². The number of halogens is 1. The standard InChI is InChI=1S/C18H22BrNO/c1-4-20-14(3)17-10-9-16(19)11-18(17)21-12-15-8-6-5-7-13(15)2/h5-11,14,20H,4,12H2,1-3H3. The number of nitrogens with one attached hydrogen (secondary N) is 1. The lowest BCUT2D eigenvalue weighted by atomic mass is 10.1. The molecule has 2 rings (SSSR count). The highest BCUT2D eigenvalue weighted by Gasteiger charge is 2.12. The molecule has 21 heavy (non-hydrogen) atoms. The maximum Gasteiger partial charge on any atom is 0.125 e. The van der Waals surface area contributed by atoms with Gasteiger partial charge < -0.3 is 10.1 Å². The Hall–Kier alpha value is -1.32. The SMILES string of the molecule is CCNC(C)c1ccc(Br)cc1OCc1ccccc1C. The minimum atomic E-state index is 0.273. The fourth-order valence-electron chi connectivity index (χ4n) is 2.33. The monoisotopic (exact) mass is 347 g/mol. The normalized spacial score (nSPS) is 12.2. The first-order chi connectivity index (χ1) is 10.1. The molecule has 0 amide bonds. The molecule has 1 N–H and O–H groups in total. The van der Waals surface area contributed by atoms with E-state index in [1.165, 1.54) is 16.7 Å². The predicted molar refractivity (Wildman–Crippen MR) is 91.7 cm³/mol. The molecule has 2 aromatic rings. The quantitative estimate of drug-likeness (QED) is 0.793. The molecular weight excluding hydrogens is 326 g/mol. The van der Waals surface area contributed by atoms with Crippen molar-refractivity contribution in [3.8, 4) is 5.75 Å². The first-order valence-corrected chi connectivity index (χ1v) is 8.11. The summed E-state index contributed by atoms with van der Waals surface area (Å²) in [4.78, 5) is 0. The summed E-state index contributed by atoms with van der Waals surface area (Å²) < 4.78 is 7.12. The van der Waals surface area contributed by atoms with Crippen LogP contribution in [0.15, 0.2) is 46.9 Å². The molecule has 0 heterocycles. The van der Waals surface area contributed by atoms with E-state index in [0.717, 1.165) is 16.8 Å².